The summed E-state index contributed by atoms with van der Waals surface area (Å²) in [4.78, 5) is 46.2. The molecule has 30 heavy (non-hydrogen) atoms. The summed E-state index contributed by atoms with van der Waals surface area (Å²) < 4.78 is 23.0. The normalized spacial score (nSPS) is 23.2. The second kappa shape index (κ2) is 8.87. The minimum atomic E-state index is -1.03. The van der Waals surface area contributed by atoms with E-state index in [0.29, 0.717) is 6.47 Å². The maximum Gasteiger partial charge on any atom is 0.303 e. The largest absolute Gasteiger partial charge is 0.468 e. The van der Waals surface area contributed by atoms with Gasteiger partial charge in [0.15, 0.2) is 29.9 Å². The van der Waals surface area contributed by atoms with Gasteiger partial charge in [-0.05, 0) is 0 Å². The molecule has 3 heterocycles. The van der Waals surface area contributed by atoms with Crippen molar-refractivity contribution in [1.29, 1.82) is 0 Å². The first-order valence-corrected chi connectivity index (χ1v) is 8.87. The average Bonchev–Trinajstić information content (AvgIpc) is 3.24. The molecule has 0 spiro atoms. The van der Waals surface area contributed by atoms with Gasteiger partial charge in [-0.25, -0.2) is 10.8 Å². The number of nitrogens with one attached hydrogen (secondary N) is 1. The Hall–Kier alpha value is -3.52. The van der Waals surface area contributed by atoms with E-state index in [2.05, 4.69) is 20.4 Å². The molecule has 1 unspecified atom stereocenters. The van der Waals surface area contributed by atoms with Gasteiger partial charge >= 0.3 is 11.9 Å². The quantitative estimate of drug-likeness (QED) is 0.117. The van der Waals surface area contributed by atoms with E-state index in [1.54, 1.807) is 0 Å². The van der Waals surface area contributed by atoms with Crippen LogP contribution in [-0.4, -0.2) is 62.8 Å². The Bertz CT molecular complexity index is 949. The molecular weight excluding hydrogens is 402 g/mol. The number of ether oxygens (including phenoxy) is 4. The summed E-state index contributed by atoms with van der Waals surface area (Å²) >= 11 is 0. The number of aromatic nitrogens is 4. The third-order valence-electron chi connectivity index (χ3n) is 4.33. The van der Waals surface area contributed by atoms with Crippen LogP contribution in [-0.2, 0) is 33.3 Å². The highest BCUT2D eigenvalue weighted by Crippen LogP contribution is 2.37. The predicted molar refractivity (Wildman–Crippen MR) is 99.2 cm³/mol. The zero-order valence-corrected chi connectivity index (χ0v) is 16.2. The molecule has 2 aromatic heterocycles. The van der Waals surface area contributed by atoms with Crippen LogP contribution in [0.4, 0.5) is 11.8 Å². The molecule has 0 radical (unpaired) electrons. The van der Waals surface area contributed by atoms with E-state index in [-0.39, 0.29) is 36.0 Å². The molecule has 1 fully saturated rings. The third-order valence-corrected chi connectivity index (χ3v) is 4.33. The molecule has 0 saturated carbocycles. The van der Waals surface area contributed by atoms with Crippen LogP contribution in [0.5, 0.6) is 0 Å². The highest BCUT2D eigenvalue weighted by atomic mass is 16.6. The highest BCUT2D eigenvalue weighted by molar-refractivity contribution is 5.83. The van der Waals surface area contributed by atoms with E-state index in [0.717, 1.165) is 0 Å². The Kier molecular flexibility index (Phi) is 6.27. The van der Waals surface area contributed by atoms with Gasteiger partial charge in [0.1, 0.15) is 11.6 Å². The number of hydrogen-bond acceptors (Lipinski definition) is 13. The highest BCUT2D eigenvalue weighted by Gasteiger charge is 2.50. The Labute approximate surface area is 169 Å². The van der Waals surface area contributed by atoms with Crippen LogP contribution < -0.4 is 17.0 Å². The van der Waals surface area contributed by atoms with E-state index >= 15 is 0 Å². The smallest absolute Gasteiger partial charge is 0.303 e. The summed E-state index contributed by atoms with van der Waals surface area (Å²) in [5.74, 6) is 4.28. The monoisotopic (exact) mass is 423 g/mol. The van der Waals surface area contributed by atoms with Crippen molar-refractivity contribution in [1.82, 2.24) is 19.5 Å². The van der Waals surface area contributed by atoms with Crippen LogP contribution >= 0.6 is 0 Å². The van der Waals surface area contributed by atoms with Crippen molar-refractivity contribution in [3.05, 3.63) is 6.33 Å². The fourth-order valence-electron chi connectivity index (χ4n) is 3.24. The molecule has 162 valence electrons. The molecule has 3 rings (SSSR count). The van der Waals surface area contributed by atoms with Crippen molar-refractivity contribution in [2.75, 3.05) is 17.8 Å². The maximum atomic E-state index is 11.7. The molecule has 5 N–H and O–H groups in total. The number of hydrogen-bond donors (Lipinski definition) is 3. The van der Waals surface area contributed by atoms with Gasteiger partial charge in [0.2, 0.25) is 5.95 Å². The third kappa shape index (κ3) is 4.23. The lowest BCUT2D eigenvalue weighted by molar-refractivity contribution is -0.165. The number of nitrogens with zero attached hydrogens (tertiary/aromatic N) is 4. The van der Waals surface area contributed by atoms with E-state index in [1.165, 1.54) is 24.7 Å². The van der Waals surface area contributed by atoms with E-state index in [4.69, 9.17) is 30.5 Å². The molecular formula is C16H21N7O7. The number of anilines is 2. The molecule has 1 aliphatic heterocycles. The molecule has 4 atom stereocenters. The van der Waals surface area contributed by atoms with Gasteiger partial charge in [-0.1, -0.05) is 0 Å². The Morgan fingerprint density at radius 1 is 1.27 bits per heavy atom. The van der Waals surface area contributed by atoms with Gasteiger partial charge in [-0.3, -0.25) is 24.4 Å². The van der Waals surface area contributed by atoms with Gasteiger partial charge in [-0.15, -0.1) is 0 Å². The number of hydrazine groups is 1. The van der Waals surface area contributed by atoms with E-state index in [9.17, 15) is 14.4 Å². The second-order valence-corrected chi connectivity index (χ2v) is 6.37. The number of imidazole rings is 1. The first-order valence-electron chi connectivity index (χ1n) is 8.87. The van der Waals surface area contributed by atoms with Crippen molar-refractivity contribution in [2.45, 2.75) is 44.8 Å². The zero-order chi connectivity index (χ0) is 21.8. The van der Waals surface area contributed by atoms with Crippen molar-refractivity contribution >= 4 is 41.3 Å². The summed E-state index contributed by atoms with van der Waals surface area (Å²) in [5, 5.41) is 0. The lowest BCUT2D eigenvalue weighted by Crippen LogP contribution is -2.39. The zero-order valence-electron chi connectivity index (χ0n) is 16.2. The van der Waals surface area contributed by atoms with Crippen molar-refractivity contribution in [3.8, 4) is 0 Å². The van der Waals surface area contributed by atoms with Crippen molar-refractivity contribution in [2.24, 2.45) is 5.84 Å². The first-order chi connectivity index (χ1) is 14.3. The molecule has 0 amide bonds. The summed E-state index contributed by atoms with van der Waals surface area (Å²) in [6.07, 6.45) is -2.14. The van der Waals surface area contributed by atoms with Crippen molar-refractivity contribution < 1.29 is 33.3 Å². The standard InChI is InChI=1S/C16H21N7O7/c1-7(25)28-11-9(3-4-27-6-24)30-15(12(11)29-8(2)26)23-5-19-10-13(17)20-16(22-18)21-14(10)23/h5-6,9,11-12,15H,3-4,18H2,1-2H3,(H3,17,20,21,22)/t9-,11-,12-,15?/m1/s1. The minimum Gasteiger partial charge on any atom is -0.468 e. The number of esters is 2. The lowest BCUT2D eigenvalue weighted by atomic mass is 10.1. The second-order valence-electron chi connectivity index (χ2n) is 6.37. The number of carbonyl (C=O) groups excluding carboxylic acids is 3. The first kappa shape index (κ1) is 21.2. The number of carbonyl (C=O) groups is 3. The average molecular weight is 423 g/mol. The fraction of sp³-hybridized carbons (Fsp3) is 0.500. The molecule has 14 heteroatoms. The Morgan fingerprint density at radius 2 is 1.97 bits per heavy atom. The molecule has 14 nitrogen and oxygen atoms in total. The van der Waals surface area contributed by atoms with Gasteiger partial charge in [-0.2, -0.15) is 9.97 Å². The van der Waals surface area contributed by atoms with Crippen LogP contribution in [0, 0.1) is 0 Å². The van der Waals surface area contributed by atoms with Gasteiger partial charge in [0.05, 0.1) is 12.9 Å². The van der Waals surface area contributed by atoms with Crippen LogP contribution in [0.25, 0.3) is 11.2 Å². The van der Waals surface area contributed by atoms with Crippen molar-refractivity contribution in [3.63, 3.8) is 0 Å². The Balaban J connectivity index is 2.03. The van der Waals surface area contributed by atoms with Gasteiger partial charge < -0.3 is 24.7 Å². The molecule has 0 aliphatic carbocycles. The topological polar surface area (TPSA) is 196 Å². The van der Waals surface area contributed by atoms with Crippen LogP contribution in [0.15, 0.2) is 6.33 Å². The summed E-state index contributed by atoms with van der Waals surface area (Å²) in [5.41, 5.74) is 8.72. The van der Waals surface area contributed by atoms with Crippen LogP contribution in [0.3, 0.4) is 0 Å². The van der Waals surface area contributed by atoms with Crippen LogP contribution in [0.2, 0.25) is 0 Å². The Morgan fingerprint density at radius 3 is 2.60 bits per heavy atom. The number of fused-ring (bicyclic) bond motifs is 1. The summed E-state index contributed by atoms with van der Waals surface area (Å²) in [7, 11) is 0. The summed E-state index contributed by atoms with van der Waals surface area (Å²) in [6.45, 7) is 2.73. The molecule has 0 aromatic carbocycles. The number of nitrogens with two attached hydrogens (primary N) is 2. The molecule has 1 saturated heterocycles. The molecule has 0 bridgehead atoms. The maximum absolute atomic E-state index is 11.7. The number of rotatable bonds is 8. The SMILES string of the molecule is CC(=O)O[C@@H]1[C@@H](CCOC=O)OC(n2cnc3c(N)nc(NN)nc32)[C@@H]1OC(C)=O. The van der Waals surface area contributed by atoms with Gasteiger partial charge in [0.25, 0.3) is 6.47 Å². The summed E-state index contributed by atoms with van der Waals surface area (Å²) in [6, 6.07) is 0. The molecule has 2 aromatic rings. The predicted octanol–water partition coefficient (Wildman–Crippen LogP) is -0.982. The molecule has 1 aliphatic rings. The van der Waals surface area contributed by atoms with E-state index in [1.807, 2.05) is 0 Å². The lowest BCUT2D eigenvalue weighted by Gasteiger charge is -2.23. The minimum absolute atomic E-state index is 0.00643. The fourth-order valence-corrected chi connectivity index (χ4v) is 3.24. The van der Waals surface area contributed by atoms with Crippen LogP contribution in [0.1, 0.15) is 26.5 Å². The number of nitrogen functional groups attached to an aromatic ring is 2. The van der Waals surface area contributed by atoms with Gasteiger partial charge in [0, 0.05) is 20.3 Å². The van der Waals surface area contributed by atoms with E-state index < -0.39 is 36.5 Å².